The number of unbranched alkanes of at least 4 members (excludes halogenated alkanes) is 31. The van der Waals surface area contributed by atoms with Crippen molar-refractivity contribution >= 4 is 5.91 Å². The van der Waals surface area contributed by atoms with E-state index in [9.17, 15) is 9.90 Å². The van der Waals surface area contributed by atoms with Gasteiger partial charge in [0.05, 0.1) is 0 Å². The first kappa shape index (κ1) is 48.3. The predicted octanol–water partition coefficient (Wildman–Crippen LogP) is 14.7. The maximum absolute atomic E-state index is 13.3. The quantitative estimate of drug-likeness (QED) is 0.0527. The molecule has 0 aromatic rings. The first-order valence-corrected chi connectivity index (χ1v) is 21.6. The van der Waals surface area contributed by atoms with Gasteiger partial charge in [-0.05, 0) is 19.3 Å². The van der Waals surface area contributed by atoms with Gasteiger partial charge < -0.3 is 10.0 Å². The number of carbonyl (C=O) groups excluding carboxylic acids is 1. The normalized spacial score (nSPS) is 11.7. The Balaban J connectivity index is 0. The number of amides is 1. The van der Waals surface area contributed by atoms with E-state index in [2.05, 4.69) is 33.9 Å². The van der Waals surface area contributed by atoms with Gasteiger partial charge in [0.1, 0.15) is 6.10 Å². The third kappa shape index (κ3) is 37.8. The molecule has 1 atom stereocenters. The second-order valence-corrected chi connectivity index (χ2v) is 14.6. The molecule has 0 aliphatic rings. The van der Waals surface area contributed by atoms with E-state index in [-0.39, 0.29) is 5.91 Å². The molecule has 3 nitrogen and oxygen atoms in total. The summed E-state index contributed by atoms with van der Waals surface area (Å²) in [5.74, 6) is 0.0107. The van der Waals surface area contributed by atoms with Crippen LogP contribution in [0.1, 0.15) is 245 Å². The van der Waals surface area contributed by atoms with Gasteiger partial charge in [0.15, 0.2) is 0 Å². The highest BCUT2D eigenvalue weighted by Gasteiger charge is 2.21. The van der Waals surface area contributed by atoms with Crippen molar-refractivity contribution in [1.29, 1.82) is 0 Å². The summed E-state index contributed by atoms with van der Waals surface area (Å²) in [6.07, 6.45) is 44.9. The zero-order valence-corrected chi connectivity index (χ0v) is 33.0. The fourth-order valence-electron chi connectivity index (χ4n) is 6.78. The van der Waals surface area contributed by atoms with Crippen LogP contribution in [0.3, 0.4) is 0 Å². The Bertz CT molecular complexity index is 555. The van der Waals surface area contributed by atoms with E-state index < -0.39 is 6.10 Å². The average Bonchev–Trinajstić information content (AvgIpc) is 3.09. The molecule has 47 heavy (non-hydrogen) atoms. The summed E-state index contributed by atoms with van der Waals surface area (Å²) in [5, 5.41) is 10.8. The van der Waals surface area contributed by atoms with E-state index in [1.807, 2.05) is 4.90 Å². The Hall–Kier alpha value is -0.830. The molecule has 0 rings (SSSR count). The van der Waals surface area contributed by atoms with Crippen LogP contribution in [0.15, 0.2) is 13.2 Å². The SMILES string of the molecule is C=C.CCCCCCCCCCCCCCCCC(O)C(=O)N(CCCCCCCCCCCC)CCCCCCCCCCCC. The molecule has 0 fully saturated rings. The Morgan fingerprint density at radius 2 is 0.617 bits per heavy atom. The second-order valence-electron chi connectivity index (χ2n) is 14.6. The zero-order chi connectivity index (χ0) is 34.9. The van der Waals surface area contributed by atoms with Crippen LogP contribution in [-0.2, 0) is 4.79 Å². The summed E-state index contributed by atoms with van der Waals surface area (Å²) in [6, 6.07) is 0. The molecule has 0 aromatic heterocycles. The lowest BCUT2D eigenvalue weighted by atomic mass is 10.0. The summed E-state index contributed by atoms with van der Waals surface area (Å²) >= 11 is 0. The number of aliphatic hydroxyl groups excluding tert-OH is 1. The minimum absolute atomic E-state index is 0.0107. The van der Waals surface area contributed by atoms with Crippen LogP contribution < -0.4 is 0 Å². The first-order chi connectivity index (χ1) is 23.2. The van der Waals surface area contributed by atoms with Crippen molar-refractivity contribution in [3.63, 3.8) is 0 Å². The molecule has 0 aromatic carbocycles. The first-order valence-electron chi connectivity index (χ1n) is 21.6. The third-order valence-corrected chi connectivity index (χ3v) is 9.99. The van der Waals surface area contributed by atoms with Crippen molar-refractivity contribution in [3.8, 4) is 0 Å². The van der Waals surface area contributed by atoms with Gasteiger partial charge in [0.2, 0.25) is 0 Å². The lowest BCUT2D eigenvalue weighted by molar-refractivity contribution is -0.140. The average molecular weight is 664 g/mol. The molecule has 1 N–H and O–H groups in total. The monoisotopic (exact) mass is 664 g/mol. The maximum atomic E-state index is 13.3. The summed E-state index contributed by atoms with van der Waals surface area (Å²) in [4.78, 5) is 15.3. The minimum atomic E-state index is -0.798. The molecular formula is C44H89NO2. The lowest BCUT2D eigenvalue weighted by Crippen LogP contribution is -2.40. The summed E-state index contributed by atoms with van der Waals surface area (Å²) < 4.78 is 0. The lowest BCUT2D eigenvalue weighted by Gasteiger charge is -2.25. The maximum Gasteiger partial charge on any atom is 0.251 e. The van der Waals surface area contributed by atoms with Crippen molar-refractivity contribution in [2.24, 2.45) is 0 Å². The molecule has 1 amide bonds. The second kappa shape index (κ2) is 43.2. The number of rotatable bonds is 38. The van der Waals surface area contributed by atoms with E-state index in [1.54, 1.807) is 0 Å². The van der Waals surface area contributed by atoms with E-state index in [0.717, 1.165) is 38.8 Å². The van der Waals surface area contributed by atoms with Crippen LogP contribution in [0.25, 0.3) is 0 Å². The summed E-state index contributed by atoms with van der Waals surface area (Å²) in [5.41, 5.74) is 0. The molecule has 0 saturated heterocycles. The van der Waals surface area contributed by atoms with Crippen molar-refractivity contribution < 1.29 is 9.90 Å². The molecular weight excluding hydrogens is 574 g/mol. The third-order valence-electron chi connectivity index (χ3n) is 9.99. The summed E-state index contributed by atoms with van der Waals surface area (Å²) in [6.45, 7) is 14.5. The van der Waals surface area contributed by atoms with Gasteiger partial charge in [-0.25, -0.2) is 0 Å². The van der Waals surface area contributed by atoms with Crippen LogP contribution in [0.2, 0.25) is 0 Å². The van der Waals surface area contributed by atoms with Gasteiger partial charge in [-0.15, -0.1) is 13.2 Å². The molecule has 3 heteroatoms. The molecule has 0 heterocycles. The van der Waals surface area contributed by atoms with Gasteiger partial charge in [-0.2, -0.15) is 0 Å². The van der Waals surface area contributed by atoms with Crippen LogP contribution >= 0.6 is 0 Å². The fourth-order valence-corrected chi connectivity index (χ4v) is 6.78. The Morgan fingerprint density at radius 1 is 0.404 bits per heavy atom. The molecule has 0 aliphatic heterocycles. The predicted molar refractivity (Wildman–Crippen MR) is 212 cm³/mol. The van der Waals surface area contributed by atoms with Gasteiger partial charge in [-0.1, -0.05) is 226 Å². The van der Waals surface area contributed by atoms with E-state index >= 15 is 0 Å². The number of carbonyl (C=O) groups is 1. The standard InChI is InChI=1S/C42H85NO2.C2H4/c1-4-7-10-13-16-19-22-23-24-25-26-29-32-35-38-41(44)42(45)43(39-36-33-30-27-20-17-14-11-8-5-2)40-37-34-31-28-21-18-15-12-9-6-3;1-2/h41,44H,4-40H2,1-3H3;1-2H2. The molecule has 0 aliphatic carbocycles. The zero-order valence-electron chi connectivity index (χ0n) is 33.0. The highest BCUT2D eigenvalue weighted by molar-refractivity contribution is 5.80. The van der Waals surface area contributed by atoms with Crippen molar-refractivity contribution in [2.45, 2.75) is 252 Å². The van der Waals surface area contributed by atoms with E-state index in [4.69, 9.17) is 0 Å². The minimum Gasteiger partial charge on any atom is -0.383 e. The van der Waals surface area contributed by atoms with Gasteiger partial charge in [0, 0.05) is 13.1 Å². The topological polar surface area (TPSA) is 40.5 Å². The smallest absolute Gasteiger partial charge is 0.251 e. The molecule has 0 bridgehead atoms. The fraction of sp³-hybridized carbons (Fsp3) is 0.932. The van der Waals surface area contributed by atoms with Crippen LogP contribution in [0.5, 0.6) is 0 Å². The van der Waals surface area contributed by atoms with Crippen LogP contribution in [0.4, 0.5) is 0 Å². The summed E-state index contributed by atoms with van der Waals surface area (Å²) in [7, 11) is 0. The highest BCUT2D eigenvalue weighted by atomic mass is 16.3. The molecule has 282 valence electrons. The molecule has 0 saturated carbocycles. The van der Waals surface area contributed by atoms with Crippen molar-refractivity contribution in [1.82, 2.24) is 4.90 Å². The van der Waals surface area contributed by atoms with Gasteiger partial charge in [0.25, 0.3) is 5.91 Å². The Labute approximate surface area is 297 Å². The Morgan fingerprint density at radius 3 is 0.872 bits per heavy atom. The van der Waals surface area contributed by atoms with Gasteiger partial charge in [-0.3, -0.25) is 4.79 Å². The van der Waals surface area contributed by atoms with Gasteiger partial charge >= 0.3 is 0 Å². The Kier molecular flexibility index (Phi) is 44.4. The largest absolute Gasteiger partial charge is 0.383 e. The van der Waals surface area contributed by atoms with Crippen molar-refractivity contribution in [3.05, 3.63) is 13.2 Å². The number of hydrogen-bond donors (Lipinski definition) is 1. The molecule has 0 radical (unpaired) electrons. The number of hydrogen-bond acceptors (Lipinski definition) is 2. The van der Waals surface area contributed by atoms with E-state index in [1.165, 1.54) is 193 Å². The van der Waals surface area contributed by atoms with Crippen LogP contribution in [-0.4, -0.2) is 35.1 Å². The number of nitrogens with zero attached hydrogens (tertiary/aromatic N) is 1. The molecule has 0 spiro atoms. The highest BCUT2D eigenvalue weighted by Crippen LogP contribution is 2.16. The van der Waals surface area contributed by atoms with Crippen LogP contribution in [0, 0.1) is 0 Å². The van der Waals surface area contributed by atoms with Crippen molar-refractivity contribution in [2.75, 3.05) is 13.1 Å². The van der Waals surface area contributed by atoms with E-state index in [0.29, 0.717) is 6.42 Å². The molecule has 1 unspecified atom stereocenters. The number of aliphatic hydroxyl groups is 1.